The highest BCUT2D eigenvalue weighted by atomic mass is 35.5. The van der Waals surface area contributed by atoms with Crippen molar-refractivity contribution in [2.45, 2.75) is 46.6 Å². The van der Waals surface area contributed by atoms with Crippen LogP contribution in [-0.2, 0) is 4.79 Å². The number of benzene rings is 2. The maximum atomic E-state index is 13.0. The van der Waals surface area contributed by atoms with E-state index in [1.54, 1.807) is 18.2 Å². The van der Waals surface area contributed by atoms with Crippen molar-refractivity contribution in [3.8, 4) is 5.75 Å². The van der Waals surface area contributed by atoms with Gasteiger partial charge in [-0.15, -0.1) is 0 Å². The summed E-state index contributed by atoms with van der Waals surface area (Å²) in [7, 11) is 0. The van der Waals surface area contributed by atoms with Crippen molar-refractivity contribution in [1.82, 2.24) is 4.90 Å². The van der Waals surface area contributed by atoms with E-state index in [1.807, 2.05) is 36.1 Å². The highest BCUT2D eigenvalue weighted by Crippen LogP contribution is 2.31. The number of hydrogen-bond acceptors (Lipinski definition) is 4. The first kappa shape index (κ1) is 24.9. The molecule has 0 bridgehead atoms. The van der Waals surface area contributed by atoms with Crippen LogP contribution in [0.5, 0.6) is 5.75 Å². The summed E-state index contributed by atoms with van der Waals surface area (Å²) in [5.41, 5.74) is 2.07. The van der Waals surface area contributed by atoms with Crippen LogP contribution < -0.4 is 15.0 Å². The Labute approximate surface area is 201 Å². The van der Waals surface area contributed by atoms with Gasteiger partial charge in [-0.2, -0.15) is 0 Å². The molecule has 1 saturated heterocycles. The fourth-order valence-corrected chi connectivity index (χ4v) is 3.95. The van der Waals surface area contributed by atoms with E-state index in [9.17, 15) is 9.59 Å². The summed E-state index contributed by atoms with van der Waals surface area (Å²) in [4.78, 5) is 29.5. The highest BCUT2D eigenvalue weighted by Gasteiger charge is 2.23. The fourth-order valence-electron chi connectivity index (χ4n) is 3.78. The number of anilines is 2. The van der Waals surface area contributed by atoms with Gasteiger partial charge in [-0.05, 0) is 55.7 Å². The molecule has 3 rings (SSSR count). The predicted octanol–water partition coefficient (Wildman–Crippen LogP) is 5.46. The summed E-state index contributed by atoms with van der Waals surface area (Å²) < 4.78 is 5.85. The minimum atomic E-state index is -0.223. The van der Waals surface area contributed by atoms with E-state index in [-0.39, 0.29) is 17.9 Å². The average molecular weight is 472 g/mol. The number of amides is 2. The van der Waals surface area contributed by atoms with Crippen molar-refractivity contribution >= 4 is 34.8 Å². The Morgan fingerprint density at radius 1 is 1.06 bits per heavy atom. The summed E-state index contributed by atoms with van der Waals surface area (Å²) in [5, 5.41) is 3.57. The minimum Gasteiger partial charge on any atom is -0.491 e. The number of carbonyl (C=O) groups is 2. The molecule has 1 aliphatic rings. The summed E-state index contributed by atoms with van der Waals surface area (Å²) in [5.74, 6) is 1.00. The van der Waals surface area contributed by atoms with Crippen molar-refractivity contribution in [2.75, 3.05) is 36.4 Å². The molecule has 1 aliphatic heterocycles. The van der Waals surface area contributed by atoms with E-state index in [1.165, 1.54) is 0 Å². The number of halogens is 1. The Morgan fingerprint density at radius 2 is 1.79 bits per heavy atom. The Hall–Kier alpha value is -2.73. The lowest BCUT2D eigenvalue weighted by Crippen LogP contribution is -2.49. The van der Waals surface area contributed by atoms with Gasteiger partial charge in [-0.1, -0.05) is 38.4 Å². The van der Waals surface area contributed by atoms with E-state index in [0.29, 0.717) is 60.5 Å². The number of carbonyl (C=O) groups excluding carboxylic acids is 2. The number of nitrogens with zero attached hydrogens (tertiary/aromatic N) is 2. The third-order valence-electron chi connectivity index (χ3n) is 5.77. The van der Waals surface area contributed by atoms with Crippen LogP contribution >= 0.6 is 11.6 Å². The molecular weight excluding hydrogens is 438 g/mol. The molecule has 2 aromatic rings. The second-order valence-corrected chi connectivity index (χ2v) is 9.38. The van der Waals surface area contributed by atoms with Crippen LogP contribution in [0, 0.1) is 5.92 Å². The molecule has 1 unspecified atom stereocenters. The van der Waals surface area contributed by atoms with Gasteiger partial charge < -0.3 is 19.9 Å². The molecule has 1 fully saturated rings. The molecule has 1 atom stereocenters. The monoisotopic (exact) mass is 471 g/mol. The van der Waals surface area contributed by atoms with Gasteiger partial charge >= 0.3 is 0 Å². The van der Waals surface area contributed by atoms with Gasteiger partial charge in [0.2, 0.25) is 5.91 Å². The zero-order valence-electron chi connectivity index (χ0n) is 19.9. The zero-order valence-corrected chi connectivity index (χ0v) is 20.7. The molecule has 33 heavy (non-hydrogen) atoms. The molecule has 2 amide bonds. The Kier molecular flexibility index (Phi) is 8.61. The van der Waals surface area contributed by atoms with Crippen LogP contribution in [0.15, 0.2) is 42.5 Å². The van der Waals surface area contributed by atoms with Crippen LogP contribution in [0.4, 0.5) is 11.4 Å². The van der Waals surface area contributed by atoms with Crippen molar-refractivity contribution in [1.29, 1.82) is 0 Å². The third-order valence-corrected chi connectivity index (χ3v) is 6.01. The van der Waals surface area contributed by atoms with Gasteiger partial charge in [-0.3, -0.25) is 9.59 Å². The van der Waals surface area contributed by atoms with Crippen LogP contribution in [-0.4, -0.2) is 49.0 Å². The second-order valence-electron chi connectivity index (χ2n) is 8.95. The second kappa shape index (κ2) is 11.4. The molecule has 7 heteroatoms. The topological polar surface area (TPSA) is 61.9 Å². The quantitative estimate of drug-likeness (QED) is 0.555. The molecule has 0 saturated carbocycles. The first-order valence-electron chi connectivity index (χ1n) is 11.7. The van der Waals surface area contributed by atoms with E-state index in [4.69, 9.17) is 16.3 Å². The van der Waals surface area contributed by atoms with Crippen LogP contribution in [0.2, 0.25) is 5.02 Å². The Balaban J connectivity index is 1.71. The number of hydrogen-bond donors (Lipinski definition) is 1. The fraction of sp³-hybridized carbons (Fsp3) is 0.462. The molecule has 1 N–H and O–H groups in total. The molecular formula is C26H34ClN3O3. The largest absolute Gasteiger partial charge is 0.491 e. The number of nitrogens with one attached hydrogen (secondary N) is 1. The van der Waals surface area contributed by atoms with Crippen LogP contribution in [0.25, 0.3) is 0 Å². The first-order chi connectivity index (χ1) is 15.8. The van der Waals surface area contributed by atoms with Gasteiger partial charge in [-0.25, -0.2) is 0 Å². The van der Waals surface area contributed by atoms with Crippen LogP contribution in [0.1, 0.15) is 50.9 Å². The molecule has 6 nitrogen and oxygen atoms in total. The van der Waals surface area contributed by atoms with Gasteiger partial charge in [0.25, 0.3) is 5.91 Å². The molecule has 2 aromatic carbocycles. The third kappa shape index (κ3) is 6.87. The van der Waals surface area contributed by atoms with Crippen molar-refractivity contribution < 1.29 is 14.3 Å². The molecule has 0 spiro atoms. The molecule has 0 aliphatic carbocycles. The summed E-state index contributed by atoms with van der Waals surface area (Å²) in [6.45, 7) is 10.9. The van der Waals surface area contributed by atoms with E-state index in [0.717, 1.165) is 12.1 Å². The average Bonchev–Trinajstić information content (AvgIpc) is 2.79. The number of ether oxygens (including phenoxy) is 1. The van der Waals surface area contributed by atoms with Crippen molar-refractivity contribution in [3.05, 3.63) is 53.1 Å². The minimum absolute atomic E-state index is 0.0777. The normalized spacial score (nSPS) is 14.8. The first-order valence-corrected chi connectivity index (χ1v) is 12.0. The Morgan fingerprint density at radius 3 is 2.45 bits per heavy atom. The van der Waals surface area contributed by atoms with E-state index < -0.39 is 0 Å². The molecule has 1 heterocycles. The summed E-state index contributed by atoms with van der Waals surface area (Å²) in [6.07, 6.45) is 1.54. The highest BCUT2D eigenvalue weighted by molar-refractivity contribution is 6.31. The standard InChI is InChI=1S/C26H34ClN3O3/c1-5-19(4)33-22-8-6-7-20(16-22)26(32)28-23-17-21(27)9-10-24(23)29-11-13-30(14-12-29)25(31)15-18(2)3/h6-10,16-19H,5,11-15H2,1-4H3,(H,28,32). The smallest absolute Gasteiger partial charge is 0.255 e. The summed E-state index contributed by atoms with van der Waals surface area (Å²) >= 11 is 6.25. The lowest BCUT2D eigenvalue weighted by Gasteiger charge is -2.37. The van der Waals surface area contributed by atoms with Gasteiger partial charge in [0.05, 0.1) is 17.5 Å². The van der Waals surface area contributed by atoms with Crippen molar-refractivity contribution in [3.63, 3.8) is 0 Å². The van der Waals surface area contributed by atoms with Crippen molar-refractivity contribution in [2.24, 2.45) is 5.92 Å². The molecule has 178 valence electrons. The van der Waals surface area contributed by atoms with Gasteiger partial charge in [0.1, 0.15) is 5.75 Å². The molecule has 0 aromatic heterocycles. The summed E-state index contributed by atoms with van der Waals surface area (Å²) in [6, 6.07) is 12.7. The lowest BCUT2D eigenvalue weighted by molar-refractivity contribution is -0.132. The SMILES string of the molecule is CCC(C)Oc1cccc(C(=O)Nc2cc(Cl)ccc2N2CCN(C(=O)CC(C)C)CC2)c1. The number of rotatable bonds is 8. The molecule has 0 radical (unpaired) electrons. The lowest BCUT2D eigenvalue weighted by atomic mass is 10.1. The maximum Gasteiger partial charge on any atom is 0.255 e. The zero-order chi connectivity index (χ0) is 24.0. The maximum absolute atomic E-state index is 13.0. The van der Waals surface area contributed by atoms with E-state index in [2.05, 4.69) is 31.0 Å². The predicted molar refractivity (Wildman–Crippen MR) is 134 cm³/mol. The van der Waals surface area contributed by atoms with Gasteiger partial charge in [0, 0.05) is 43.2 Å². The van der Waals surface area contributed by atoms with Gasteiger partial charge in [0.15, 0.2) is 0 Å². The number of piperazine rings is 1. The Bertz CT molecular complexity index is 971. The van der Waals surface area contributed by atoms with Crippen LogP contribution in [0.3, 0.4) is 0 Å². The van der Waals surface area contributed by atoms with E-state index >= 15 is 0 Å².